The lowest BCUT2D eigenvalue weighted by Gasteiger charge is -2.05. The Kier molecular flexibility index (Phi) is 5.00. The van der Waals surface area contributed by atoms with Gasteiger partial charge in [-0.2, -0.15) is 0 Å². The lowest BCUT2D eigenvalue weighted by molar-refractivity contribution is -0.138. The molecule has 0 aliphatic heterocycles. The van der Waals surface area contributed by atoms with Gasteiger partial charge in [0.05, 0.1) is 5.56 Å². The van der Waals surface area contributed by atoms with Gasteiger partial charge in [0.15, 0.2) is 0 Å². The van der Waals surface area contributed by atoms with Gasteiger partial charge in [0.25, 0.3) is 0 Å². The van der Waals surface area contributed by atoms with Crippen molar-refractivity contribution in [2.75, 3.05) is 13.2 Å². The summed E-state index contributed by atoms with van der Waals surface area (Å²) in [5, 5.41) is 0. The molecule has 0 N–H and O–H groups in total. The maximum absolute atomic E-state index is 11.5. The van der Waals surface area contributed by atoms with Crippen LogP contribution in [0.4, 0.5) is 0 Å². The zero-order valence-electron chi connectivity index (χ0n) is 9.64. The first-order valence-corrected chi connectivity index (χ1v) is 5.16. The molecule has 88 valence electrons. The number of esters is 2. The van der Waals surface area contributed by atoms with Gasteiger partial charge >= 0.3 is 11.9 Å². The molecule has 1 aromatic rings. The van der Waals surface area contributed by atoms with Crippen LogP contribution in [0.25, 0.3) is 0 Å². The first-order chi connectivity index (χ1) is 8.13. The van der Waals surface area contributed by atoms with Crippen molar-refractivity contribution < 1.29 is 19.1 Å². The number of carbonyl (C=O) groups excluding carboxylic acids is 2. The number of hydrogen-bond donors (Lipinski definition) is 0. The van der Waals surface area contributed by atoms with Crippen LogP contribution in [0.1, 0.15) is 10.4 Å². The Morgan fingerprint density at radius 3 is 2.65 bits per heavy atom. The minimum atomic E-state index is -0.531. The molecule has 0 radical (unpaired) electrons. The Labute approximate surface area is 101 Å². The van der Waals surface area contributed by atoms with E-state index in [9.17, 15) is 9.59 Å². The van der Waals surface area contributed by atoms with Gasteiger partial charge in [-0.15, -0.1) is 0 Å². The Hall–Kier alpha value is -2.04. The summed E-state index contributed by atoms with van der Waals surface area (Å²) in [6, 6.07) is 7.08. The second-order valence-corrected chi connectivity index (χ2v) is 3.38. The Morgan fingerprint density at radius 1 is 1.29 bits per heavy atom. The van der Waals surface area contributed by atoms with Gasteiger partial charge in [-0.3, -0.25) is 0 Å². The summed E-state index contributed by atoms with van der Waals surface area (Å²) in [5.41, 5.74) is 1.47. The fourth-order valence-electron chi connectivity index (χ4n) is 1.19. The van der Waals surface area contributed by atoms with Crippen molar-refractivity contribution in [3.63, 3.8) is 0 Å². The third kappa shape index (κ3) is 4.55. The SMILES string of the molecule is Bc1cccc(C(=O)OCCOC(=O)C=C)c1. The van der Waals surface area contributed by atoms with Crippen LogP contribution >= 0.6 is 0 Å². The molecule has 0 fully saturated rings. The van der Waals surface area contributed by atoms with Crippen LogP contribution in [0.5, 0.6) is 0 Å². The molecule has 0 saturated heterocycles. The first-order valence-electron chi connectivity index (χ1n) is 5.16. The number of hydrogen-bond acceptors (Lipinski definition) is 4. The summed E-state index contributed by atoms with van der Waals surface area (Å²) in [7, 11) is 1.89. The highest BCUT2D eigenvalue weighted by Gasteiger charge is 2.06. The molecule has 0 aromatic heterocycles. The Bertz CT molecular complexity index is 428. The minimum absolute atomic E-state index is 0.0302. The van der Waals surface area contributed by atoms with Crippen LogP contribution in [-0.2, 0) is 14.3 Å². The fraction of sp³-hybridized carbons (Fsp3) is 0.167. The van der Waals surface area contributed by atoms with E-state index in [1.165, 1.54) is 0 Å². The van der Waals surface area contributed by atoms with Crippen LogP contribution < -0.4 is 5.46 Å². The smallest absolute Gasteiger partial charge is 0.338 e. The van der Waals surface area contributed by atoms with E-state index in [2.05, 4.69) is 11.3 Å². The van der Waals surface area contributed by atoms with E-state index >= 15 is 0 Å². The van der Waals surface area contributed by atoms with Crippen molar-refractivity contribution >= 4 is 25.2 Å². The molecule has 0 bridgehead atoms. The van der Waals surface area contributed by atoms with Crippen LogP contribution in [0, 0.1) is 0 Å². The summed E-state index contributed by atoms with van der Waals surface area (Å²) in [6.45, 7) is 3.31. The topological polar surface area (TPSA) is 52.6 Å². The molecule has 5 heteroatoms. The Balaban J connectivity index is 2.35. The maximum Gasteiger partial charge on any atom is 0.338 e. The zero-order chi connectivity index (χ0) is 12.7. The van der Waals surface area contributed by atoms with Crippen molar-refractivity contribution in [3.05, 3.63) is 42.5 Å². The van der Waals surface area contributed by atoms with Gasteiger partial charge in [-0.1, -0.05) is 30.2 Å². The molecule has 0 amide bonds. The van der Waals surface area contributed by atoms with Gasteiger partial charge in [0, 0.05) is 6.08 Å². The quantitative estimate of drug-likeness (QED) is 0.306. The van der Waals surface area contributed by atoms with Crippen LogP contribution in [0.3, 0.4) is 0 Å². The lowest BCUT2D eigenvalue weighted by Crippen LogP contribution is -2.14. The van der Waals surface area contributed by atoms with E-state index in [1.54, 1.807) is 18.2 Å². The standard InChI is InChI=1S/C12H13BO4/c1-2-11(14)16-6-7-17-12(15)9-4-3-5-10(13)8-9/h2-5,8H,1,6-7,13H2. The van der Waals surface area contributed by atoms with Gasteiger partial charge < -0.3 is 9.47 Å². The molecular weight excluding hydrogens is 219 g/mol. The molecule has 0 heterocycles. The molecular formula is C12H13BO4. The van der Waals surface area contributed by atoms with Crippen LogP contribution in [0.15, 0.2) is 36.9 Å². The highest BCUT2D eigenvalue weighted by Crippen LogP contribution is 1.99. The van der Waals surface area contributed by atoms with Crippen LogP contribution in [0.2, 0.25) is 0 Å². The molecule has 0 spiro atoms. The third-order valence-corrected chi connectivity index (χ3v) is 1.98. The van der Waals surface area contributed by atoms with E-state index in [0.717, 1.165) is 11.5 Å². The molecule has 0 aliphatic rings. The monoisotopic (exact) mass is 232 g/mol. The van der Waals surface area contributed by atoms with Gasteiger partial charge in [-0.05, 0) is 6.07 Å². The summed E-state index contributed by atoms with van der Waals surface area (Å²) in [5.74, 6) is -0.958. The summed E-state index contributed by atoms with van der Waals surface area (Å²) < 4.78 is 9.59. The van der Waals surface area contributed by atoms with Gasteiger partial charge in [0.2, 0.25) is 0 Å². The fourth-order valence-corrected chi connectivity index (χ4v) is 1.19. The molecule has 0 unspecified atom stereocenters. The van der Waals surface area contributed by atoms with E-state index in [1.807, 2.05) is 13.9 Å². The second-order valence-electron chi connectivity index (χ2n) is 3.38. The number of benzene rings is 1. The molecule has 0 atom stereocenters. The summed E-state index contributed by atoms with van der Waals surface area (Å²) in [6.07, 6.45) is 1.06. The highest BCUT2D eigenvalue weighted by atomic mass is 16.6. The average Bonchev–Trinajstić information content (AvgIpc) is 2.34. The summed E-state index contributed by atoms with van der Waals surface area (Å²) >= 11 is 0. The van der Waals surface area contributed by atoms with E-state index in [-0.39, 0.29) is 13.2 Å². The number of carbonyl (C=O) groups is 2. The van der Waals surface area contributed by atoms with Crippen molar-refractivity contribution in [1.82, 2.24) is 0 Å². The molecule has 1 rings (SSSR count). The largest absolute Gasteiger partial charge is 0.459 e. The predicted octanol–water partition coefficient (Wildman–Crippen LogP) is -0.169. The van der Waals surface area contributed by atoms with Crippen molar-refractivity contribution in [2.24, 2.45) is 0 Å². The number of rotatable bonds is 5. The molecule has 17 heavy (non-hydrogen) atoms. The van der Waals surface area contributed by atoms with Crippen molar-refractivity contribution in [1.29, 1.82) is 0 Å². The van der Waals surface area contributed by atoms with Crippen LogP contribution in [-0.4, -0.2) is 33.0 Å². The molecule has 0 saturated carbocycles. The molecule has 4 nitrogen and oxygen atoms in total. The Morgan fingerprint density at radius 2 is 2.00 bits per heavy atom. The van der Waals surface area contributed by atoms with Gasteiger partial charge in [-0.25, -0.2) is 9.59 Å². The van der Waals surface area contributed by atoms with E-state index in [4.69, 9.17) is 4.74 Å². The minimum Gasteiger partial charge on any atom is -0.459 e. The molecule has 0 aliphatic carbocycles. The van der Waals surface area contributed by atoms with Crippen molar-refractivity contribution in [3.8, 4) is 0 Å². The second kappa shape index (κ2) is 6.53. The summed E-state index contributed by atoms with van der Waals surface area (Å²) in [4.78, 5) is 22.2. The maximum atomic E-state index is 11.5. The van der Waals surface area contributed by atoms with Gasteiger partial charge in [0.1, 0.15) is 21.1 Å². The predicted molar refractivity (Wildman–Crippen MR) is 66.1 cm³/mol. The normalized spacial score (nSPS) is 9.41. The average molecular weight is 232 g/mol. The van der Waals surface area contributed by atoms with E-state index in [0.29, 0.717) is 5.56 Å². The first kappa shape index (κ1) is 13.0. The van der Waals surface area contributed by atoms with E-state index < -0.39 is 11.9 Å². The lowest BCUT2D eigenvalue weighted by atomic mass is 9.94. The zero-order valence-corrected chi connectivity index (χ0v) is 9.64. The molecule has 1 aromatic carbocycles. The highest BCUT2D eigenvalue weighted by molar-refractivity contribution is 6.32. The van der Waals surface area contributed by atoms with Crippen molar-refractivity contribution in [2.45, 2.75) is 0 Å². The third-order valence-electron chi connectivity index (χ3n) is 1.98. The number of ether oxygens (including phenoxy) is 2.